The first-order chi connectivity index (χ1) is 28.5. The molecule has 4 aliphatic heterocycles. The predicted molar refractivity (Wildman–Crippen MR) is 223 cm³/mol. The zero-order chi connectivity index (χ0) is 39.8. The fourth-order valence-corrected chi connectivity index (χ4v) is 8.09. The molecular weight excluding hydrogens is 739 g/mol. The lowest BCUT2D eigenvalue weighted by atomic mass is 10.0. The van der Waals surface area contributed by atoms with Gasteiger partial charge in [0, 0.05) is 84.9 Å². The fraction of sp³-hybridized carbons (Fsp3) is 0.455. The van der Waals surface area contributed by atoms with Crippen LogP contribution in [-0.2, 0) is 28.5 Å². The number of H-pyrrole nitrogens is 1. The van der Waals surface area contributed by atoms with Crippen molar-refractivity contribution in [2.45, 2.75) is 31.6 Å². The van der Waals surface area contributed by atoms with E-state index < -0.39 is 0 Å². The van der Waals surface area contributed by atoms with Crippen molar-refractivity contribution in [1.82, 2.24) is 15.7 Å². The largest absolute Gasteiger partial charge is 0.466 e. The number of nitrogens with one attached hydrogen (secondary N) is 4. The molecule has 306 valence electrons. The van der Waals surface area contributed by atoms with Crippen LogP contribution in [0.5, 0.6) is 0 Å². The Morgan fingerprint density at radius 1 is 0.810 bits per heavy atom. The van der Waals surface area contributed by atoms with Crippen molar-refractivity contribution >= 4 is 52.0 Å². The van der Waals surface area contributed by atoms with E-state index in [0.717, 1.165) is 108 Å². The highest BCUT2D eigenvalue weighted by atomic mass is 16.5. The van der Waals surface area contributed by atoms with Gasteiger partial charge >= 0.3 is 5.97 Å². The third kappa shape index (κ3) is 9.53. The lowest BCUT2D eigenvalue weighted by Crippen LogP contribution is -2.36. The van der Waals surface area contributed by atoms with Gasteiger partial charge in [-0.15, -0.1) is 0 Å². The number of anilines is 3. The normalized spacial score (nSPS) is 23.3. The molecule has 14 heteroatoms. The van der Waals surface area contributed by atoms with E-state index in [4.69, 9.17) is 18.9 Å². The van der Waals surface area contributed by atoms with Crippen molar-refractivity contribution in [2.75, 3.05) is 101 Å². The Morgan fingerprint density at radius 2 is 1.41 bits per heavy atom. The molecule has 58 heavy (non-hydrogen) atoms. The first-order valence-electron chi connectivity index (χ1n) is 20.6. The molecule has 14 nitrogen and oxygen atoms in total. The number of hydrogen-bond donors (Lipinski definition) is 4. The van der Waals surface area contributed by atoms with Crippen molar-refractivity contribution in [3.8, 4) is 0 Å². The summed E-state index contributed by atoms with van der Waals surface area (Å²) in [6.07, 6.45) is 5.17. The number of amides is 2. The van der Waals surface area contributed by atoms with Crippen LogP contribution in [0.1, 0.15) is 58.6 Å². The number of benzene rings is 3. The molecule has 4 unspecified atom stereocenters. The van der Waals surface area contributed by atoms with Crippen LogP contribution in [0, 0.1) is 11.8 Å². The molecular formula is C44H53N7O7. The Balaban J connectivity index is 0.000000153. The van der Waals surface area contributed by atoms with Crippen LogP contribution < -0.4 is 25.9 Å². The van der Waals surface area contributed by atoms with E-state index in [9.17, 15) is 14.4 Å². The number of esters is 1. The van der Waals surface area contributed by atoms with E-state index >= 15 is 0 Å². The van der Waals surface area contributed by atoms with Crippen LogP contribution >= 0.6 is 0 Å². The van der Waals surface area contributed by atoms with E-state index in [2.05, 4.69) is 84.5 Å². The van der Waals surface area contributed by atoms with Gasteiger partial charge in [0.2, 0.25) is 5.91 Å². The molecule has 6 aliphatic rings. The average Bonchev–Trinajstić information content (AvgIpc) is 4.22. The summed E-state index contributed by atoms with van der Waals surface area (Å²) in [6, 6.07) is 20.6. The van der Waals surface area contributed by atoms with Gasteiger partial charge < -0.3 is 44.4 Å². The van der Waals surface area contributed by atoms with Gasteiger partial charge in [-0.1, -0.05) is 24.3 Å². The number of rotatable bonds is 8. The molecule has 2 aliphatic carbocycles. The van der Waals surface area contributed by atoms with E-state index in [1.807, 2.05) is 19.2 Å². The van der Waals surface area contributed by atoms with Crippen LogP contribution in [0.15, 0.2) is 72.0 Å². The molecule has 2 amide bonds. The lowest BCUT2D eigenvalue weighted by Gasteiger charge is -2.29. The number of aromatic amines is 1. The van der Waals surface area contributed by atoms with Crippen molar-refractivity contribution in [1.29, 1.82) is 0 Å². The quantitative estimate of drug-likeness (QED) is 0.186. The van der Waals surface area contributed by atoms with Gasteiger partial charge in [0.15, 0.2) is 0 Å². The molecule has 5 fully saturated rings. The van der Waals surface area contributed by atoms with E-state index in [1.54, 1.807) is 12.3 Å². The summed E-state index contributed by atoms with van der Waals surface area (Å²) in [4.78, 5) is 44.9. The van der Waals surface area contributed by atoms with Gasteiger partial charge in [-0.05, 0) is 79.1 Å². The number of aromatic nitrogens is 1. The summed E-state index contributed by atoms with van der Waals surface area (Å²) in [7, 11) is 0. The second-order valence-electron chi connectivity index (χ2n) is 15.3. The van der Waals surface area contributed by atoms with Gasteiger partial charge in [0.05, 0.1) is 63.9 Å². The summed E-state index contributed by atoms with van der Waals surface area (Å²) in [5, 5.41) is 10.9. The maximum atomic E-state index is 13.0. The summed E-state index contributed by atoms with van der Waals surface area (Å²) in [5.74, 6) is 0.204. The molecule has 4 N–H and O–H groups in total. The minimum Gasteiger partial charge on any atom is -0.466 e. The van der Waals surface area contributed by atoms with Crippen LogP contribution in [0.2, 0.25) is 0 Å². The maximum Gasteiger partial charge on any atom is 0.309 e. The number of carbonyl (C=O) groups is 3. The number of morpholine rings is 3. The van der Waals surface area contributed by atoms with Crippen LogP contribution in [0.4, 0.5) is 17.1 Å². The number of ether oxygens (including phenoxy) is 4. The van der Waals surface area contributed by atoms with Crippen molar-refractivity contribution < 1.29 is 33.3 Å². The van der Waals surface area contributed by atoms with Crippen molar-refractivity contribution in [3.05, 3.63) is 89.1 Å². The highest BCUT2D eigenvalue weighted by Crippen LogP contribution is 2.49. The first kappa shape index (κ1) is 39.5. The monoisotopic (exact) mass is 791 g/mol. The molecule has 3 aromatic carbocycles. The number of hydrogen-bond acceptors (Lipinski definition) is 11. The number of carbonyl (C=O) groups excluding carboxylic acids is 3. The van der Waals surface area contributed by atoms with E-state index in [1.165, 1.54) is 22.5 Å². The Kier molecular flexibility index (Phi) is 12.6. The molecule has 4 atom stereocenters. The average molecular weight is 792 g/mol. The SMILES string of the molecule is C1COCCN1.CCOC(=O)C1CC1c1cccc(N2CCOCC2)c1.O=C1NN=Cc2c[nH]c3cc(NC(=O)C4CC4c4cccc(N5CCOCC5)c4)cc1c23. The second-order valence-corrected chi connectivity index (χ2v) is 15.3. The standard InChI is InChI=1S/C24H23N5O3.C16H21NO3.C4H9NO/c30-23(19-11-18(19)14-2-1-3-17(8-14)29-4-6-32-7-5-29)27-16-9-20-22-15(12-25-21(22)10-16)13-26-28-24(20)31;1-2-20-16(18)15-11-14(15)12-4-3-5-13(10-12)17-6-8-19-9-7-17;1-3-6-4-2-5-1/h1-3,8-10,12-13,18-19,25H,4-7,11H2,(H,27,30)(H,28,31);3-5,10,14-15H,2,6-9,11H2,1H3;5H,1-4H2. The van der Waals surface area contributed by atoms with Gasteiger partial charge in [-0.25, -0.2) is 5.43 Å². The van der Waals surface area contributed by atoms with Gasteiger partial charge in [0.1, 0.15) is 0 Å². The highest BCUT2D eigenvalue weighted by Gasteiger charge is 2.45. The minimum absolute atomic E-state index is 0.0182. The van der Waals surface area contributed by atoms with E-state index in [-0.39, 0.29) is 35.5 Å². The summed E-state index contributed by atoms with van der Waals surface area (Å²) >= 11 is 0. The first-order valence-corrected chi connectivity index (χ1v) is 20.6. The Hall–Kier alpha value is -5.28. The molecule has 3 saturated heterocycles. The molecule has 4 aromatic rings. The van der Waals surface area contributed by atoms with Gasteiger partial charge in [-0.2, -0.15) is 5.10 Å². The van der Waals surface area contributed by atoms with Crippen LogP contribution in [0.25, 0.3) is 10.9 Å². The number of hydrazone groups is 1. The summed E-state index contributed by atoms with van der Waals surface area (Å²) < 4.78 is 20.9. The smallest absolute Gasteiger partial charge is 0.309 e. The van der Waals surface area contributed by atoms with Crippen molar-refractivity contribution in [2.24, 2.45) is 16.9 Å². The highest BCUT2D eigenvalue weighted by molar-refractivity contribution is 6.15. The van der Waals surface area contributed by atoms with Crippen molar-refractivity contribution in [3.63, 3.8) is 0 Å². The topological polar surface area (TPSA) is 159 Å². The molecule has 2 saturated carbocycles. The fourth-order valence-electron chi connectivity index (χ4n) is 8.09. The van der Waals surface area contributed by atoms with Gasteiger partial charge in [0.25, 0.3) is 5.91 Å². The molecule has 0 spiro atoms. The van der Waals surface area contributed by atoms with Crippen LogP contribution in [-0.4, -0.2) is 114 Å². The Morgan fingerprint density at radius 3 is 2.00 bits per heavy atom. The zero-order valence-corrected chi connectivity index (χ0v) is 33.0. The summed E-state index contributed by atoms with van der Waals surface area (Å²) in [6.45, 7) is 12.9. The lowest BCUT2D eigenvalue weighted by molar-refractivity contribution is -0.144. The molecule has 1 aromatic heterocycles. The molecule has 10 rings (SSSR count). The number of nitrogens with zero attached hydrogens (tertiary/aromatic N) is 3. The molecule has 0 bridgehead atoms. The van der Waals surface area contributed by atoms with Crippen LogP contribution in [0.3, 0.4) is 0 Å². The summed E-state index contributed by atoms with van der Waals surface area (Å²) in [5.41, 5.74) is 10.1. The second kappa shape index (κ2) is 18.5. The van der Waals surface area contributed by atoms with E-state index in [0.29, 0.717) is 23.8 Å². The maximum absolute atomic E-state index is 13.0. The Labute approximate surface area is 338 Å². The zero-order valence-electron chi connectivity index (χ0n) is 33.0. The molecule has 0 radical (unpaired) electrons. The van der Waals surface area contributed by atoms with Gasteiger partial charge in [-0.3, -0.25) is 14.4 Å². The molecule has 5 heterocycles. The Bertz CT molecular complexity index is 2090. The third-order valence-electron chi connectivity index (χ3n) is 11.4. The third-order valence-corrected chi connectivity index (χ3v) is 11.4. The predicted octanol–water partition coefficient (Wildman–Crippen LogP) is 4.62. The minimum atomic E-state index is -0.287.